The number of hydrogen-bond donors (Lipinski definition) is 1. The molecule has 1 heterocycles. The summed E-state index contributed by atoms with van der Waals surface area (Å²) < 4.78 is 6.61. The van der Waals surface area contributed by atoms with Gasteiger partial charge in [-0.1, -0.05) is 46.3 Å². The lowest BCUT2D eigenvalue weighted by atomic mass is 10.0. The van der Waals surface area contributed by atoms with Crippen molar-refractivity contribution >= 4 is 27.9 Å². The van der Waals surface area contributed by atoms with Gasteiger partial charge in [-0.25, -0.2) is 0 Å². The van der Waals surface area contributed by atoms with Crippen LogP contribution in [0.4, 0.5) is 0 Å². The average Bonchev–Trinajstić information content (AvgIpc) is 2.54. The number of amides is 1. The Morgan fingerprint density at radius 2 is 2.05 bits per heavy atom. The fourth-order valence-corrected chi connectivity index (χ4v) is 2.85. The summed E-state index contributed by atoms with van der Waals surface area (Å²) in [5, 5.41) is 3.05. The van der Waals surface area contributed by atoms with Crippen LogP contribution in [0.3, 0.4) is 0 Å². The Morgan fingerprint density at radius 3 is 2.86 bits per heavy atom. The van der Waals surface area contributed by atoms with E-state index in [0.29, 0.717) is 6.61 Å². The molecule has 0 saturated carbocycles. The van der Waals surface area contributed by atoms with Crippen molar-refractivity contribution in [3.05, 3.63) is 70.2 Å². The second-order valence-corrected chi connectivity index (χ2v) is 6.04. The maximum Gasteiger partial charge on any atom is 0.244 e. The molecular weight excluding hydrogens is 342 g/mol. The summed E-state index contributed by atoms with van der Waals surface area (Å²) in [7, 11) is 0. The zero-order valence-corrected chi connectivity index (χ0v) is 13.5. The van der Waals surface area contributed by atoms with Gasteiger partial charge in [0.15, 0.2) is 0 Å². The summed E-state index contributed by atoms with van der Waals surface area (Å²) in [6.45, 7) is 0.613. The lowest BCUT2D eigenvalue weighted by Crippen LogP contribution is -2.31. The van der Waals surface area contributed by atoms with Gasteiger partial charge >= 0.3 is 0 Å². The topological polar surface area (TPSA) is 38.3 Å². The predicted molar refractivity (Wildman–Crippen MR) is 90.6 cm³/mol. The van der Waals surface area contributed by atoms with Crippen molar-refractivity contribution < 1.29 is 9.53 Å². The third-order valence-electron chi connectivity index (χ3n) is 3.55. The van der Waals surface area contributed by atoms with Crippen molar-refractivity contribution in [2.45, 2.75) is 12.5 Å². The van der Waals surface area contributed by atoms with Gasteiger partial charge in [-0.3, -0.25) is 4.79 Å². The molecule has 1 N–H and O–H groups in total. The molecule has 1 unspecified atom stereocenters. The zero-order chi connectivity index (χ0) is 15.4. The fourth-order valence-electron chi connectivity index (χ4n) is 2.47. The van der Waals surface area contributed by atoms with Gasteiger partial charge in [-0.05, 0) is 29.8 Å². The molecule has 0 aliphatic carbocycles. The normalized spacial score (nSPS) is 16.9. The molecule has 22 heavy (non-hydrogen) atoms. The minimum Gasteiger partial charge on any atom is -0.493 e. The minimum absolute atomic E-state index is 0.0193. The van der Waals surface area contributed by atoms with Crippen molar-refractivity contribution in [2.75, 3.05) is 6.61 Å². The molecule has 3 rings (SSSR count). The summed E-state index contributed by atoms with van der Waals surface area (Å²) >= 11 is 3.46. The Labute approximate surface area is 138 Å². The number of fused-ring (bicyclic) bond motifs is 1. The molecule has 0 bridgehead atoms. The van der Waals surface area contributed by atoms with Gasteiger partial charge in [0.2, 0.25) is 5.91 Å². The van der Waals surface area contributed by atoms with Crippen molar-refractivity contribution in [1.29, 1.82) is 0 Å². The summed E-state index contributed by atoms with van der Waals surface area (Å²) in [5.74, 6) is 0.744. The van der Waals surface area contributed by atoms with Crippen LogP contribution in [0.2, 0.25) is 0 Å². The highest BCUT2D eigenvalue weighted by atomic mass is 79.9. The van der Waals surface area contributed by atoms with Crippen molar-refractivity contribution in [3.63, 3.8) is 0 Å². The fraction of sp³-hybridized carbons (Fsp3) is 0.167. The van der Waals surface area contributed by atoms with Gasteiger partial charge in [0.05, 0.1) is 12.6 Å². The molecule has 0 fully saturated rings. The van der Waals surface area contributed by atoms with E-state index < -0.39 is 0 Å². The van der Waals surface area contributed by atoms with E-state index in [9.17, 15) is 4.79 Å². The molecule has 0 radical (unpaired) electrons. The second-order valence-electron chi connectivity index (χ2n) is 5.12. The van der Waals surface area contributed by atoms with E-state index in [1.54, 1.807) is 6.08 Å². The van der Waals surface area contributed by atoms with Gasteiger partial charge in [-0.2, -0.15) is 0 Å². The molecule has 0 aromatic heterocycles. The molecule has 0 saturated heterocycles. The smallest absolute Gasteiger partial charge is 0.244 e. The van der Waals surface area contributed by atoms with Crippen LogP contribution in [-0.2, 0) is 4.79 Å². The first kappa shape index (κ1) is 14.9. The maximum atomic E-state index is 12.1. The number of carbonyl (C=O) groups excluding carboxylic acids is 1. The first-order chi connectivity index (χ1) is 10.7. The third kappa shape index (κ3) is 3.57. The van der Waals surface area contributed by atoms with Crippen LogP contribution in [0.25, 0.3) is 6.08 Å². The summed E-state index contributed by atoms with van der Waals surface area (Å²) in [5.41, 5.74) is 2.02. The SMILES string of the molecule is O=C(/C=C/c1ccccc1)NC1CCOc2ccc(Br)cc21. The van der Waals surface area contributed by atoms with Gasteiger partial charge in [0.1, 0.15) is 5.75 Å². The Hall–Kier alpha value is -2.07. The van der Waals surface area contributed by atoms with Crippen LogP contribution >= 0.6 is 15.9 Å². The van der Waals surface area contributed by atoms with Crippen LogP contribution in [0.15, 0.2) is 59.1 Å². The number of ether oxygens (including phenoxy) is 1. The van der Waals surface area contributed by atoms with Gasteiger partial charge in [-0.15, -0.1) is 0 Å². The molecule has 2 aromatic rings. The first-order valence-corrected chi connectivity index (χ1v) is 7.97. The molecular formula is C18H16BrNO2. The Kier molecular flexibility index (Phi) is 4.59. The standard InChI is InChI=1S/C18H16BrNO2/c19-14-7-8-17-15(12-14)16(10-11-22-17)20-18(21)9-6-13-4-2-1-3-5-13/h1-9,12,16H,10-11H2,(H,20,21)/b9-6+. The molecule has 3 nitrogen and oxygen atoms in total. The number of hydrogen-bond acceptors (Lipinski definition) is 2. The monoisotopic (exact) mass is 357 g/mol. The zero-order valence-electron chi connectivity index (χ0n) is 12.0. The third-order valence-corrected chi connectivity index (χ3v) is 4.05. The number of nitrogens with one attached hydrogen (secondary N) is 1. The molecule has 2 aromatic carbocycles. The summed E-state index contributed by atoms with van der Waals surface area (Å²) in [6, 6.07) is 15.6. The van der Waals surface area contributed by atoms with Crippen LogP contribution in [0, 0.1) is 0 Å². The molecule has 1 atom stereocenters. The Bertz CT molecular complexity index is 697. The van der Waals surface area contributed by atoms with Gasteiger partial charge in [0.25, 0.3) is 0 Å². The quantitative estimate of drug-likeness (QED) is 0.839. The van der Waals surface area contributed by atoms with Crippen molar-refractivity contribution in [2.24, 2.45) is 0 Å². The van der Waals surface area contributed by atoms with Crippen LogP contribution in [0.5, 0.6) is 5.75 Å². The highest BCUT2D eigenvalue weighted by Crippen LogP contribution is 2.34. The van der Waals surface area contributed by atoms with E-state index in [1.165, 1.54) is 0 Å². The predicted octanol–water partition coefficient (Wildman–Crippen LogP) is 4.10. The van der Waals surface area contributed by atoms with Crippen LogP contribution < -0.4 is 10.1 Å². The highest BCUT2D eigenvalue weighted by Gasteiger charge is 2.22. The lowest BCUT2D eigenvalue weighted by Gasteiger charge is -2.26. The van der Waals surface area contributed by atoms with Crippen molar-refractivity contribution in [3.8, 4) is 5.75 Å². The Morgan fingerprint density at radius 1 is 1.23 bits per heavy atom. The van der Waals surface area contributed by atoms with Crippen LogP contribution in [0.1, 0.15) is 23.6 Å². The van der Waals surface area contributed by atoms with E-state index in [2.05, 4.69) is 21.2 Å². The number of halogens is 1. The van der Waals surface area contributed by atoms with Gasteiger partial charge < -0.3 is 10.1 Å². The molecule has 112 valence electrons. The largest absolute Gasteiger partial charge is 0.493 e. The average molecular weight is 358 g/mol. The lowest BCUT2D eigenvalue weighted by molar-refractivity contribution is -0.117. The second kappa shape index (κ2) is 6.79. The van der Waals surface area contributed by atoms with Crippen LogP contribution in [-0.4, -0.2) is 12.5 Å². The van der Waals surface area contributed by atoms with E-state index in [0.717, 1.165) is 27.8 Å². The molecule has 4 heteroatoms. The maximum absolute atomic E-state index is 12.1. The highest BCUT2D eigenvalue weighted by molar-refractivity contribution is 9.10. The first-order valence-electron chi connectivity index (χ1n) is 7.18. The van der Waals surface area contributed by atoms with E-state index in [-0.39, 0.29) is 11.9 Å². The molecule has 1 amide bonds. The van der Waals surface area contributed by atoms with Crippen molar-refractivity contribution in [1.82, 2.24) is 5.32 Å². The number of carbonyl (C=O) groups is 1. The minimum atomic E-state index is -0.0957. The molecule has 0 spiro atoms. The number of benzene rings is 2. The molecule has 1 aliphatic heterocycles. The summed E-state index contributed by atoms with van der Waals surface area (Å²) in [6.07, 6.45) is 4.16. The van der Waals surface area contributed by atoms with E-state index in [1.807, 2.05) is 54.6 Å². The van der Waals surface area contributed by atoms with E-state index in [4.69, 9.17) is 4.74 Å². The number of rotatable bonds is 3. The summed E-state index contributed by atoms with van der Waals surface area (Å²) in [4.78, 5) is 12.1. The Balaban J connectivity index is 1.70. The van der Waals surface area contributed by atoms with Gasteiger partial charge in [0, 0.05) is 22.5 Å². The van der Waals surface area contributed by atoms with E-state index >= 15 is 0 Å². The molecule has 1 aliphatic rings.